The number of anilines is 1. The van der Waals surface area contributed by atoms with Crippen molar-refractivity contribution in [2.24, 2.45) is 0 Å². The van der Waals surface area contributed by atoms with Gasteiger partial charge in [0, 0.05) is 24.3 Å². The Hall–Kier alpha value is -2.76. The first-order valence-corrected chi connectivity index (χ1v) is 8.70. The van der Waals surface area contributed by atoms with E-state index in [0.29, 0.717) is 18.0 Å². The highest BCUT2D eigenvalue weighted by molar-refractivity contribution is 6.00. The van der Waals surface area contributed by atoms with E-state index in [2.05, 4.69) is 15.3 Å². The number of nitrogens with zero attached hydrogens (tertiary/aromatic N) is 3. The van der Waals surface area contributed by atoms with Gasteiger partial charge in [-0.2, -0.15) is 0 Å². The van der Waals surface area contributed by atoms with Crippen molar-refractivity contribution in [3.8, 4) is 0 Å². The molecule has 2 aliphatic rings. The van der Waals surface area contributed by atoms with Crippen molar-refractivity contribution in [3.05, 3.63) is 53.6 Å². The summed E-state index contributed by atoms with van der Waals surface area (Å²) in [5.74, 6) is 0.981. The molecule has 0 saturated heterocycles. The van der Waals surface area contributed by atoms with E-state index in [1.165, 1.54) is 0 Å². The lowest BCUT2D eigenvalue weighted by Gasteiger charge is -2.20. The molecule has 6 nitrogen and oxygen atoms in total. The number of rotatable bonds is 4. The van der Waals surface area contributed by atoms with Gasteiger partial charge in [0.05, 0.1) is 11.3 Å². The number of benzene rings is 1. The van der Waals surface area contributed by atoms with Crippen molar-refractivity contribution in [1.82, 2.24) is 14.9 Å². The molecule has 4 rings (SSSR count). The molecule has 0 spiro atoms. The zero-order chi connectivity index (χ0) is 17.2. The van der Waals surface area contributed by atoms with Gasteiger partial charge in [-0.1, -0.05) is 18.2 Å². The summed E-state index contributed by atoms with van der Waals surface area (Å²) in [6, 6.07) is 9.26. The van der Waals surface area contributed by atoms with Crippen LogP contribution in [-0.2, 0) is 11.2 Å². The molecule has 25 heavy (non-hydrogen) atoms. The van der Waals surface area contributed by atoms with Crippen LogP contribution < -0.4 is 5.32 Å². The third-order valence-electron chi connectivity index (χ3n) is 4.58. The molecule has 0 bridgehead atoms. The SMILES string of the molecule is O=C(CN1CCCc2nc(C3CC3)ncc2C1=O)Nc1ccccc1. The molecule has 1 aliphatic heterocycles. The highest BCUT2D eigenvalue weighted by Gasteiger charge is 2.30. The van der Waals surface area contributed by atoms with E-state index in [9.17, 15) is 9.59 Å². The molecule has 0 atom stereocenters. The van der Waals surface area contributed by atoms with E-state index in [1.54, 1.807) is 11.1 Å². The fourth-order valence-electron chi connectivity index (χ4n) is 3.10. The number of amides is 2. The molecule has 0 radical (unpaired) electrons. The first kappa shape index (κ1) is 15.7. The average Bonchev–Trinajstić information content (AvgIpc) is 3.46. The predicted octanol–water partition coefficient (Wildman–Crippen LogP) is 2.38. The lowest BCUT2D eigenvalue weighted by molar-refractivity contribution is -0.116. The molecule has 2 aromatic rings. The number of para-hydroxylation sites is 1. The minimum absolute atomic E-state index is 0.0392. The van der Waals surface area contributed by atoms with Gasteiger partial charge in [0.25, 0.3) is 5.91 Å². The Morgan fingerprint density at radius 1 is 1.24 bits per heavy atom. The molecule has 1 aliphatic carbocycles. The van der Waals surface area contributed by atoms with Crippen molar-refractivity contribution in [2.75, 3.05) is 18.4 Å². The molecule has 1 fully saturated rings. The van der Waals surface area contributed by atoms with Gasteiger partial charge < -0.3 is 10.2 Å². The molecule has 1 aromatic heterocycles. The smallest absolute Gasteiger partial charge is 0.257 e. The van der Waals surface area contributed by atoms with Gasteiger partial charge in [-0.15, -0.1) is 0 Å². The quantitative estimate of drug-likeness (QED) is 0.930. The van der Waals surface area contributed by atoms with Crippen LogP contribution in [0, 0.1) is 0 Å². The van der Waals surface area contributed by atoms with E-state index in [4.69, 9.17) is 0 Å². The second kappa shape index (κ2) is 6.63. The Morgan fingerprint density at radius 2 is 2.04 bits per heavy atom. The van der Waals surface area contributed by atoms with Crippen LogP contribution in [0.4, 0.5) is 5.69 Å². The zero-order valence-corrected chi connectivity index (χ0v) is 13.9. The van der Waals surface area contributed by atoms with Crippen LogP contribution in [0.25, 0.3) is 0 Å². The summed E-state index contributed by atoms with van der Waals surface area (Å²) < 4.78 is 0. The van der Waals surface area contributed by atoms with Gasteiger partial charge >= 0.3 is 0 Å². The van der Waals surface area contributed by atoms with Crippen molar-refractivity contribution < 1.29 is 9.59 Å². The molecule has 128 valence electrons. The summed E-state index contributed by atoms with van der Waals surface area (Å²) in [4.78, 5) is 35.6. The Bertz CT molecular complexity index is 802. The molecule has 0 unspecified atom stereocenters. The van der Waals surface area contributed by atoms with Crippen LogP contribution in [0.5, 0.6) is 0 Å². The van der Waals surface area contributed by atoms with E-state index in [0.717, 1.165) is 42.9 Å². The molecule has 2 heterocycles. The van der Waals surface area contributed by atoms with Crippen LogP contribution in [0.15, 0.2) is 36.5 Å². The Balaban J connectivity index is 1.47. The van der Waals surface area contributed by atoms with E-state index in [1.807, 2.05) is 30.3 Å². The van der Waals surface area contributed by atoms with Crippen LogP contribution in [0.2, 0.25) is 0 Å². The summed E-state index contributed by atoms with van der Waals surface area (Å²) in [5.41, 5.74) is 2.09. The highest BCUT2D eigenvalue weighted by Crippen LogP contribution is 2.38. The summed E-state index contributed by atoms with van der Waals surface area (Å²) in [6.45, 7) is 0.591. The number of carbonyl (C=O) groups excluding carboxylic acids is 2. The first-order chi connectivity index (χ1) is 12.2. The second-order valence-electron chi connectivity index (χ2n) is 6.61. The van der Waals surface area contributed by atoms with Crippen molar-refractivity contribution in [2.45, 2.75) is 31.6 Å². The number of carbonyl (C=O) groups is 2. The number of aryl methyl sites for hydroxylation is 1. The minimum Gasteiger partial charge on any atom is -0.329 e. The molecule has 6 heteroatoms. The molecule has 1 N–H and O–H groups in total. The topological polar surface area (TPSA) is 75.2 Å². The molecule has 1 aromatic carbocycles. The van der Waals surface area contributed by atoms with Gasteiger partial charge in [0.15, 0.2) is 0 Å². The van der Waals surface area contributed by atoms with Gasteiger partial charge in [0.1, 0.15) is 12.4 Å². The van der Waals surface area contributed by atoms with Gasteiger partial charge in [-0.05, 0) is 37.8 Å². The van der Waals surface area contributed by atoms with Crippen LogP contribution in [0.3, 0.4) is 0 Å². The van der Waals surface area contributed by atoms with E-state index < -0.39 is 0 Å². The third-order valence-corrected chi connectivity index (χ3v) is 4.58. The summed E-state index contributed by atoms with van der Waals surface area (Å²) in [5, 5.41) is 2.82. The Labute approximate surface area is 146 Å². The minimum atomic E-state index is -0.196. The third kappa shape index (κ3) is 3.52. The van der Waals surface area contributed by atoms with Crippen molar-refractivity contribution in [1.29, 1.82) is 0 Å². The summed E-state index contributed by atoms with van der Waals surface area (Å²) in [7, 11) is 0. The van der Waals surface area contributed by atoms with Crippen molar-refractivity contribution >= 4 is 17.5 Å². The fraction of sp³-hybridized carbons (Fsp3) is 0.368. The lowest BCUT2D eigenvalue weighted by Crippen LogP contribution is -2.38. The summed E-state index contributed by atoms with van der Waals surface area (Å²) in [6.07, 6.45) is 5.47. The van der Waals surface area contributed by atoms with Gasteiger partial charge in [-0.25, -0.2) is 9.97 Å². The fourth-order valence-corrected chi connectivity index (χ4v) is 3.10. The number of hydrogen-bond acceptors (Lipinski definition) is 4. The largest absolute Gasteiger partial charge is 0.329 e. The Morgan fingerprint density at radius 3 is 2.80 bits per heavy atom. The van der Waals surface area contributed by atoms with Crippen molar-refractivity contribution in [3.63, 3.8) is 0 Å². The maximum absolute atomic E-state index is 12.8. The average molecular weight is 336 g/mol. The molecule has 1 saturated carbocycles. The number of hydrogen-bond donors (Lipinski definition) is 1. The predicted molar refractivity (Wildman–Crippen MR) is 93.3 cm³/mol. The monoisotopic (exact) mass is 336 g/mol. The first-order valence-electron chi connectivity index (χ1n) is 8.70. The zero-order valence-electron chi connectivity index (χ0n) is 13.9. The van der Waals surface area contributed by atoms with E-state index in [-0.39, 0.29) is 18.4 Å². The molecule has 2 amide bonds. The van der Waals surface area contributed by atoms with Gasteiger partial charge in [-0.3, -0.25) is 9.59 Å². The normalized spacial score (nSPS) is 17.0. The molecular weight excluding hydrogens is 316 g/mol. The Kier molecular flexibility index (Phi) is 4.17. The van der Waals surface area contributed by atoms with Gasteiger partial charge in [0.2, 0.25) is 5.91 Å². The second-order valence-corrected chi connectivity index (χ2v) is 6.61. The van der Waals surface area contributed by atoms with E-state index >= 15 is 0 Å². The van der Waals surface area contributed by atoms with Crippen LogP contribution in [-0.4, -0.2) is 39.8 Å². The number of aromatic nitrogens is 2. The molecular formula is C19H20N4O2. The lowest BCUT2D eigenvalue weighted by atomic mass is 10.1. The highest BCUT2D eigenvalue weighted by atomic mass is 16.2. The standard InChI is InChI=1S/C19H20N4O2/c24-17(21-14-5-2-1-3-6-14)12-23-10-4-7-16-15(19(23)25)11-20-18(22-16)13-8-9-13/h1-3,5-6,11,13H,4,7-10,12H2,(H,21,24). The number of fused-ring (bicyclic) bond motifs is 1. The van der Waals surface area contributed by atoms with Crippen LogP contribution in [0.1, 0.15) is 47.1 Å². The maximum atomic E-state index is 12.8. The van der Waals surface area contributed by atoms with Crippen LogP contribution >= 0.6 is 0 Å². The summed E-state index contributed by atoms with van der Waals surface area (Å²) >= 11 is 0. The number of nitrogens with one attached hydrogen (secondary N) is 1. The maximum Gasteiger partial charge on any atom is 0.257 e.